The predicted molar refractivity (Wildman–Crippen MR) is 75.3 cm³/mol. The minimum absolute atomic E-state index is 0.0732. The minimum Gasteiger partial charge on any atom is -0.346 e. The molecule has 0 spiro atoms. The summed E-state index contributed by atoms with van der Waals surface area (Å²) in [5, 5.41) is 6.23. The van der Waals surface area contributed by atoms with Crippen LogP contribution in [0.1, 0.15) is 24.7 Å². The Morgan fingerprint density at radius 2 is 2.20 bits per heavy atom. The normalized spacial score (nSPS) is 23.1. The molecule has 2 aliphatic heterocycles. The third-order valence-electron chi connectivity index (χ3n) is 3.70. The Hall–Kier alpha value is -1.43. The molecule has 1 unspecified atom stereocenters. The van der Waals surface area contributed by atoms with E-state index in [1.54, 1.807) is 0 Å². The molecule has 20 heavy (non-hydrogen) atoms. The Kier molecular flexibility index (Phi) is 4.30. The fourth-order valence-electron chi connectivity index (χ4n) is 2.68. The van der Waals surface area contributed by atoms with Crippen LogP contribution in [0.15, 0.2) is 24.3 Å². The summed E-state index contributed by atoms with van der Waals surface area (Å²) in [4.78, 5) is 12.0. The molecule has 2 aliphatic rings. The van der Waals surface area contributed by atoms with E-state index in [0.717, 1.165) is 30.8 Å². The third-order valence-corrected chi connectivity index (χ3v) is 3.70. The number of amides is 1. The topological polar surface area (TPSA) is 59.6 Å². The summed E-state index contributed by atoms with van der Waals surface area (Å²) < 4.78 is 10.9. The van der Waals surface area contributed by atoms with Crippen LogP contribution in [0.2, 0.25) is 0 Å². The average molecular weight is 276 g/mol. The lowest BCUT2D eigenvalue weighted by Gasteiger charge is -2.12. The van der Waals surface area contributed by atoms with Crippen molar-refractivity contribution in [2.75, 3.05) is 31.6 Å². The molecular formula is C15H20N2O3. The molecule has 108 valence electrons. The summed E-state index contributed by atoms with van der Waals surface area (Å²) in [6.45, 7) is 3.20. The van der Waals surface area contributed by atoms with Crippen LogP contribution in [-0.2, 0) is 14.3 Å². The number of benzene rings is 1. The predicted octanol–water partition coefficient (Wildman–Crippen LogP) is 1.67. The van der Waals surface area contributed by atoms with Crippen LogP contribution < -0.4 is 10.6 Å². The Bertz CT molecular complexity index is 466. The average Bonchev–Trinajstić information content (AvgIpc) is 3.11. The number of hydrogen-bond donors (Lipinski definition) is 2. The van der Waals surface area contributed by atoms with Crippen molar-refractivity contribution in [2.45, 2.75) is 19.1 Å². The molecule has 2 fully saturated rings. The molecule has 1 aromatic rings. The lowest BCUT2D eigenvalue weighted by Crippen LogP contribution is -2.18. The summed E-state index contributed by atoms with van der Waals surface area (Å²) >= 11 is 0. The molecule has 1 amide bonds. The molecule has 0 saturated carbocycles. The number of ether oxygens (including phenoxy) is 2. The van der Waals surface area contributed by atoms with Gasteiger partial charge in [0.1, 0.15) is 0 Å². The number of anilines is 1. The molecule has 0 radical (unpaired) electrons. The van der Waals surface area contributed by atoms with E-state index < -0.39 is 0 Å². The molecule has 3 rings (SSSR count). The molecule has 5 heteroatoms. The van der Waals surface area contributed by atoms with Crippen molar-refractivity contribution in [1.29, 1.82) is 0 Å². The van der Waals surface area contributed by atoms with Crippen LogP contribution in [-0.4, -0.2) is 32.2 Å². The number of carbonyl (C=O) groups is 1. The van der Waals surface area contributed by atoms with E-state index in [2.05, 4.69) is 10.6 Å². The van der Waals surface area contributed by atoms with Gasteiger partial charge >= 0.3 is 0 Å². The molecule has 0 aliphatic carbocycles. The maximum atomic E-state index is 12.0. The van der Waals surface area contributed by atoms with Gasteiger partial charge in [-0.1, -0.05) is 12.1 Å². The SMILES string of the molecule is O=C(CC1CCNC1)Nc1cccc(C2OCCO2)c1. The second kappa shape index (κ2) is 6.35. The molecule has 2 saturated heterocycles. The zero-order valence-corrected chi connectivity index (χ0v) is 11.4. The molecular weight excluding hydrogens is 256 g/mol. The van der Waals surface area contributed by atoms with E-state index in [-0.39, 0.29) is 12.2 Å². The summed E-state index contributed by atoms with van der Waals surface area (Å²) in [6, 6.07) is 7.67. The number of rotatable bonds is 4. The first-order valence-corrected chi connectivity index (χ1v) is 7.15. The van der Waals surface area contributed by atoms with E-state index in [1.807, 2.05) is 24.3 Å². The van der Waals surface area contributed by atoms with Crippen molar-refractivity contribution in [3.63, 3.8) is 0 Å². The van der Waals surface area contributed by atoms with E-state index in [0.29, 0.717) is 25.6 Å². The van der Waals surface area contributed by atoms with Gasteiger partial charge in [-0.15, -0.1) is 0 Å². The van der Waals surface area contributed by atoms with Crippen LogP contribution in [0.5, 0.6) is 0 Å². The van der Waals surface area contributed by atoms with Gasteiger partial charge in [-0.3, -0.25) is 4.79 Å². The third kappa shape index (κ3) is 3.36. The summed E-state index contributed by atoms with van der Waals surface area (Å²) in [5.41, 5.74) is 1.75. The Balaban J connectivity index is 1.58. The van der Waals surface area contributed by atoms with Gasteiger partial charge in [0.2, 0.25) is 5.91 Å². The maximum absolute atomic E-state index is 12.0. The maximum Gasteiger partial charge on any atom is 0.224 e. The molecule has 1 aromatic carbocycles. The van der Waals surface area contributed by atoms with Crippen molar-refractivity contribution in [3.05, 3.63) is 29.8 Å². The lowest BCUT2D eigenvalue weighted by molar-refractivity contribution is -0.117. The highest BCUT2D eigenvalue weighted by Crippen LogP contribution is 2.25. The first-order valence-electron chi connectivity index (χ1n) is 7.15. The highest BCUT2D eigenvalue weighted by molar-refractivity contribution is 5.90. The summed E-state index contributed by atoms with van der Waals surface area (Å²) in [5.74, 6) is 0.531. The van der Waals surface area contributed by atoms with Crippen LogP contribution in [0.25, 0.3) is 0 Å². The van der Waals surface area contributed by atoms with E-state index in [1.165, 1.54) is 0 Å². The van der Waals surface area contributed by atoms with E-state index in [9.17, 15) is 4.79 Å². The second-order valence-electron chi connectivity index (χ2n) is 5.31. The zero-order chi connectivity index (χ0) is 13.8. The molecule has 0 bridgehead atoms. The molecule has 5 nitrogen and oxygen atoms in total. The largest absolute Gasteiger partial charge is 0.346 e. The fourth-order valence-corrected chi connectivity index (χ4v) is 2.68. The van der Waals surface area contributed by atoms with Gasteiger partial charge in [0.25, 0.3) is 0 Å². The number of nitrogens with one attached hydrogen (secondary N) is 2. The van der Waals surface area contributed by atoms with Crippen molar-refractivity contribution >= 4 is 11.6 Å². The lowest BCUT2D eigenvalue weighted by atomic mass is 10.0. The fraction of sp³-hybridized carbons (Fsp3) is 0.533. The Morgan fingerprint density at radius 1 is 1.35 bits per heavy atom. The first kappa shape index (κ1) is 13.5. The van der Waals surface area contributed by atoms with Crippen LogP contribution in [0, 0.1) is 5.92 Å². The van der Waals surface area contributed by atoms with Crippen molar-refractivity contribution in [2.24, 2.45) is 5.92 Å². The van der Waals surface area contributed by atoms with Gasteiger partial charge < -0.3 is 20.1 Å². The quantitative estimate of drug-likeness (QED) is 0.878. The number of carbonyl (C=O) groups excluding carboxylic acids is 1. The summed E-state index contributed by atoms with van der Waals surface area (Å²) in [7, 11) is 0. The van der Waals surface area contributed by atoms with Gasteiger partial charge in [0.15, 0.2) is 6.29 Å². The van der Waals surface area contributed by atoms with Gasteiger partial charge in [-0.25, -0.2) is 0 Å². The van der Waals surface area contributed by atoms with Crippen molar-refractivity contribution < 1.29 is 14.3 Å². The first-order chi connectivity index (χ1) is 9.81. The van der Waals surface area contributed by atoms with Gasteiger partial charge in [0, 0.05) is 17.7 Å². The van der Waals surface area contributed by atoms with Crippen LogP contribution in [0.3, 0.4) is 0 Å². The molecule has 2 heterocycles. The Morgan fingerprint density at radius 3 is 2.95 bits per heavy atom. The summed E-state index contributed by atoms with van der Waals surface area (Å²) in [6.07, 6.45) is 1.36. The van der Waals surface area contributed by atoms with Gasteiger partial charge in [-0.05, 0) is 37.6 Å². The highest BCUT2D eigenvalue weighted by Gasteiger charge is 2.20. The number of hydrogen-bond acceptors (Lipinski definition) is 4. The smallest absolute Gasteiger partial charge is 0.224 e. The van der Waals surface area contributed by atoms with Gasteiger partial charge in [0.05, 0.1) is 13.2 Å². The van der Waals surface area contributed by atoms with Gasteiger partial charge in [-0.2, -0.15) is 0 Å². The van der Waals surface area contributed by atoms with Crippen molar-refractivity contribution in [3.8, 4) is 0 Å². The highest BCUT2D eigenvalue weighted by atomic mass is 16.7. The molecule has 1 atom stereocenters. The minimum atomic E-state index is -0.300. The van der Waals surface area contributed by atoms with Crippen molar-refractivity contribution in [1.82, 2.24) is 5.32 Å². The Labute approximate surface area is 118 Å². The second-order valence-corrected chi connectivity index (χ2v) is 5.31. The van der Waals surface area contributed by atoms with E-state index >= 15 is 0 Å². The zero-order valence-electron chi connectivity index (χ0n) is 11.4. The molecule has 0 aromatic heterocycles. The van der Waals surface area contributed by atoms with E-state index in [4.69, 9.17) is 9.47 Å². The molecule has 2 N–H and O–H groups in total. The standard InChI is InChI=1S/C15H20N2O3/c18-14(8-11-4-5-16-10-11)17-13-3-1-2-12(9-13)15-19-6-7-20-15/h1-3,9,11,15-16H,4-8,10H2,(H,17,18). The van der Waals surface area contributed by atoms with Crippen LogP contribution >= 0.6 is 0 Å². The monoisotopic (exact) mass is 276 g/mol. The van der Waals surface area contributed by atoms with Crippen LogP contribution in [0.4, 0.5) is 5.69 Å².